The first kappa shape index (κ1) is 15.2. The molecule has 0 bridgehead atoms. The molecule has 20 heavy (non-hydrogen) atoms. The molecule has 0 saturated heterocycles. The van der Waals surface area contributed by atoms with E-state index in [1.54, 1.807) is 0 Å². The van der Waals surface area contributed by atoms with Crippen molar-refractivity contribution in [2.24, 2.45) is 0 Å². The van der Waals surface area contributed by atoms with E-state index in [2.05, 4.69) is 53.4 Å². The van der Waals surface area contributed by atoms with Gasteiger partial charge in [0.25, 0.3) is 0 Å². The Balaban J connectivity index is 0.00000147. The number of halogens is 1. The zero-order valence-electron chi connectivity index (χ0n) is 11.5. The topological polar surface area (TPSA) is 23.5 Å². The third-order valence-electron chi connectivity index (χ3n) is 3.82. The molecule has 1 aliphatic heterocycles. The second-order valence-electron chi connectivity index (χ2n) is 5.15. The van der Waals surface area contributed by atoms with Crippen LogP contribution in [0.1, 0.15) is 22.3 Å². The summed E-state index contributed by atoms with van der Waals surface area (Å²) in [7, 11) is 0. The summed E-state index contributed by atoms with van der Waals surface area (Å²) in [5, 5.41) is 9.23. The lowest BCUT2D eigenvalue weighted by molar-refractivity contribution is 0.183. The summed E-state index contributed by atoms with van der Waals surface area (Å²) in [4.78, 5) is 2.32. The normalized spacial score (nSPS) is 14.4. The molecule has 0 spiro atoms. The van der Waals surface area contributed by atoms with E-state index in [-0.39, 0.29) is 23.6 Å². The van der Waals surface area contributed by atoms with Crippen LogP contribution in [-0.4, -0.2) is 23.2 Å². The fraction of sp³-hybridized carbons (Fsp3) is 0.294. The zero-order chi connectivity index (χ0) is 13.1. The molecule has 3 heteroatoms. The molecule has 3 rings (SSSR count). The molecule has 0 radical (unpaired) electrons. The van der Waals surface area contributed by atoms with Gasteiger partial charge in [-0.3, -0.25) is 4.90 Å². The van der Waals surface area contributed by atoms with Crippen molar-refractivity contribution in [1.82, 2.24) is 4.90 Å². The Morgan fingerprint density at radius 3 is 1.70 bits per heavy atom. The molecule has 0 aliphatic carbocycles. The Morgan fingerprint density at radius 1 is 0.800 bits per heavy atom. The predicted octanol–water partition coefficient (Wildman–Crippen LogP) is 3.16. The molecule has 1 aliphatic rings. The summed E-state index contributed by atoms with van der Waals surface area (Å²) >= 11 is 0. The first-order valence-electron chi connectivity index (χ1n) is 6.83. The molecule has 0 saturated carbocycles. The molecule has 0 unspecified atom stereocenters. The second kappa shape index (κ2) is 7.02. The first-order valence-corrected chi connectivity index (χ1v) is 6.83. The molecule has 2 aromatic carbocycles. The van der Waals surface area contributed by atoms with Crippen LogP contribution in [0, 0.1) is 0 Å². The zero-order valence-corrected chi connectivity index (χ0v) is 13.2. The maximum atomic E-state index is 9.23. The number of rotatable bonds is 2. The number of β-amino-alcohol motifs (C(OH)–C–C–N with tert-alkyl or cyclic N) is 1. The number of benzene rings is 2. The van der Waals surface area contributed by atoms with Gasteiger partial charge < -0.3 is 5.11 Å². The molecule has 0 amide bonds. The molecule has 1 heterocycles. The average Bonchev–Trinajstić information content (AvgIpc) is 2.41. The maximum absolute atomic E-state index is 9.23. The van der Waals surface area contributed by atoms with Crippen LogP contribution in [-0.2, 0) is 19.5 Å². The summed E-state index contributed by atoms with van der Waals surface area (Å²) in [5.41, 5.74) is 5.56. The number of fused-ring (bicyclic) bond motifs is 2. The fourth-order valence-corrected chi connectivity index (χ4v) is 2.81. The minimum Gasteiger partial charge on any atom is -0.395 e. The molecule has 0 atom stereocenters. The standard InChI is InChI=1S/C17H19NO.BrH/c19-10-9-18-12-16-7-3-1-5-14(16)11-15-6-2-4-8-17(15)13-18;/h1-8,19H,9-13H2;1H. The highest BCUT2D eigenvalue weighted by atomic mass is 79.9. The smallest absolute Gasteiger partial charge is 0.0558 e. The van der Waals surface area contributed by atoms with Gasteiger partial charge in [0.15, 0.2) is 0 Å². The van der Waals surface area contributed by atoms with Crippen LogP contribution in [0.15, 0.2) is 48.5 Å². The van der Waals surface area contributed by atoms with Crippen molar-refractivity contribution in [3.8, 4) is 0 Å². The molecule has 0 aromatic heterocycles. The van der Waals surface area contributed by atoms with Gasteiger partial charge in [0, 0.05) is 19.6 Å². The number of aliphatic hydroxyl groups excluding tert-OH is 1. The highest BCUT2D eigenvalue weighted by Gasteiger charge is 2.15. The number of aliphatic hydroxyl groups is 1. The first-order chi connectivity index (χ1) is 9.36. The highest BCUT2D eigenvalue weighted by Crippen LogP contribution is 2.23. The van der Waals surface area contributed by atoms with Crippen molar-refractivity contribution in [2.75, 3.05) is 13.2 Å². The molecular formula is C17H20BrNO. The van der Waals surface area contributed by atoms with Crippen LogP contribution < -0.4 is 0 Å². The van der Waals surface area contributed by atoms with E-state index >= 15 is 0 Å². The quantitative estimate of drug-likeness (QED) is 0.912. The third-order valence-corrected chi connectivity index (χ3v) is 3.82. The van der Waals surface area contributed by atoms with Gasteiger partial charge in [0.2, 0.25) is 0 Å². The third kappa shape index (κ3) is 3.29. The Morgan fingerprint density at radius 2 is 1.25 bits per heavy atom. The van der Waals surface area contributed by atoms with E-state index in [9.17, 15) is 5.11 Å². The molecule has 2 aromatic rings. The lowest BCUT2D eigenvalue weighted by Crippen LogP contribution is -2.28. The van der Waals surface area contributed by atoms with Crippen molar-refractivity contribution in [1.29, 1.82) is 0 Å². The molecule has 0 fully saturated rings. The fourth-order valence-electron chi connectivity index (χ4n) is 2.81. The summed E-state index contributed by atoms with van der Waals surface area (Å²) in [6.07, 6.45) is 1.01. The molecule has 1 N–H and O–H groups in total. The van der Waals surface area contributed by atoms with Crippen molar-refractivity contribution in [3.05, 3.63) is 70.8 Å². The summed E-state index contributed by atoms with van der Waals surface area (Å²) in [5.74, 6) is 0. The van der Waals surface area contributed by atoms with Crippen LogP contribution in [0.5, 0.6) is 0 Å². The van der Waals surface area contributed by atoms with Crippen molar-refractivity contribution in [2.45, 2.75) is 19.5 Å². The van der Waals surface area contributed by atoms with E-state index in [1.165, 1.54) is 22.3 Å². The number of hydrogen-bond donors (Lipinski definition) is 1. The average molecular weight is 334 g/mol. The maximum Gasteiger partial charge on any atom is 0.0558 e. The SMILES string of the molecule is Br.OCCN1Cc2ccccc2Cc2ccccc2C1. The highest BCUT2D eigenvalue weighted by molar-refractivity contribution is 8.93. The van der Waals surface area contributed by atoms with Gasteiger partial charge in [-0.2, -0.15) is 0 Å². The van der Waals surface area contributed by atoms with E-state index in [0.29, 0.717) is 0 Å². The van der Waals surface area contributed by atoms with Crippen LogP contribution in [0.25, 0.3) is 0 Å². The Hall–Kier alpha value is -1.16. The van der Waals surface area contributed by atoms with Crippen LogP contribution in [0.2, 0.25) is 0 Å². The van der Waals surface area contributed by atoms with Crippen molar-refractivity contribution < 1.29 is 5.11 Å². The van der Waals surface area contributed by atoms with Crippen LogP contribution in [0.3, 0.4) is 0 Å². The Kier molecular flexibility index (Phi) is 5.35. The van der Waals surface area contributed by atoms with Crippen LogP contribution >= 0.6 is 17.0 Å². The predicted molar refractivity (Wildman–Crippen MR) is 87.2 cm³/mol. The number of hydrogen-bond acceptors (Lipinski definition) is 2. The minimum atomic E-state index is 0. The lowest BCUT2D eigenvalue weighted by Gasteiger charge is -2.27. The van der Waals surface area contributed by atoms with Crippen molar-refractivity contribution >= 4 is 17.0 Å². The second-order valence-corrected chi connectivity index (χ2v) is 5.15. The Bertz CT molecular complexity index is 523. The van der Waals surface area contributed by atoms with Gasteiger partial charge in [-0.05, 0) is 28.7 Å². The van der Waals surface area contributed by atoms with E-state index in [0.717, 1.165) is 26.1 Å². The van der Waals surface area contributed by atoms with Crippen LogP contribution in [0.4, 0.5) is 0 Å². The van der Waals surface area contributed by atoms with Crippen molar-refractivity contribution in [3.63, 3.8) is 0 Å². The van der Waals surface area contributed by atoms with Gasteiger partial charge in [-0.15, -0.1) is 17.0 Å². The van der Waals surface area contributed by atoms with Gasteiger partial charge in [-0.25, -0.2) is 0 Å². The van der Waals surface area contributed by atoms with E-state index in [1.807, 2.05) is 0 Å². The van der Waals surface area contributed by atoms with Gasteiger partial charge in [0.05, 0.1) is 6.61 Å². The molecular weight excluding hydrogens is 314 g/mol. The Labute approximate surface area is 130 Å². The minimum absolute atomic E-state index is 0. The monoisotopic (exact) mass is 333 g/mol. The summed E-state index contributed by atoms with van der Waals surface area (Å²) in [6, 6.07) is 17.3. The lowest BCUT2D eigenvalue weighted by atomic mass is 9.94. The number of nitrogens with zero attached hydrogens (tertiary/aromatic N) is 1. The molecule has 2 nitrogen and oxygen atoms in total. The van der Waals surface area contributed by atoms with Gasteiger partial charge in [0.1, 0.15) is 0 Å². The summed E-state index contributed by atoms with van der Waals surface area (Å²) < 4.78 is 0. The van der Waals surface area contributed by atoms with Gasteiger partial charge in [-0.1, -0.05) is 48.5 Å². The molecule has 106 valence electrons. The van der Waals surface area contributed by atoms with Gasteiger partial charge >= 0.3 is 0 Å². The van der Waals surface area contributed by atoms with E-state index < -0.39 is 0 Å². The summed E-state index contributed by atoms with van der Waals surface area (Å²) in [6.45, 7) is 2.78. The largest absolute Gasteiger partial charge is 0.395 e. The van der Waals surface area contributed by atoms with E-state index in [4.69, 9.17) is 0 Å².